The second-order valence-electron chi connectivity index (χ2n) is 7.88. The van der Waals surface area contributed by atoms with E-state index >= 15 is 0 Å². The quantitative estimate of drug-likeness (QED) is 0.412. The molecule has 0 aliphatic carbocycles. The van der Waals surface area contributed by atoms with Crippen molar-refractivity contribution in [2.45, 2.75) is 84.8 Å². The van der Waals surface area contributed by atoms with Gasteiger partial charge in [0.2, 0.25) is 0 Å². The predicted molar refractivity (Wildman–Crippen MR) is 101 cm³/mol. The summed E-state index contributed by atoms with van der Waals surface area (Å²) < 4.78 is 5.85. The summed E-state index contributed by atoms with van der Waals surface area (Å²) in [5.41, 5.74) is 3.21. The summed E-state index contributed by atoms with van der Waals surface area (Å²) in [6.45, 7) is 10.3. The normalized spacial score (nSPS) is 24.1. The Labute approximate surface area is 153 Å². The maximum atomic E-state index is 12.2. The van der Waals surface area contributed by atoms with E-state index in [1.807, 2.05) is 13.8 Å². The SMILES string of the molecule is CC(C)=C(C)CC(=O)[C@@H](C)CCC[C@]1(C)O[C@@H]1CC/C(=C\CO)CO. The Morgan fingerprint density at radius 3 is 2.52 bits per heavy atom. The van der Waals surface area contributed by atoms with Crippen LogP contribution in [0.5, 0.6) is 0 Å². The fourth-order valence-electron chi connectivity index (χ4n) is 3.10. The average molecular weight is 353 g/mol. The van der Waals surface area contributed by atoms with E-state index < -0.39 is 0 Å². The Morgan fingerprint density at radius 2 is 1.96 bits per heavy atom. The molecule has 1 saturated heterocycles. The summed E-state index contributed by atoms with van der Waals surface area (Å²) in [6, 6.07) is 0. The number of aliphatic hydroxyl groups excluding tert-OH is 2. The largest absolute Gasteiger partial charge is 0.392 e. The average Bonchev–Trinajstić information content (AvgIpc) is 3.21. The maximum absolute atomic E-state index is 12.2. The van der Waals surface area contributed by atoms with Gasteiger partial charge in [0.25, 0.3) is 0 Å². The van der Waals surface area contributed by atoms with Gasteiger partial charge in [-0.2, -0.15) is 0 Å². The molecule has 0 bridgehead atoms. The topological polar surface area (TPSA) is 70.1 Å². The Bertz CT molecular complexity index is 502. The van der Waals surface area contributed by atoms with Crippen molar-refractivity contribution in [2.24, 2.45) is 5.92 Å². The summed E-state index contributed by atoms with van der Waals surface area (Å²) in [7, 11) is 0. The minimum atomic E-state index is -0.0849. The molecular formula is C21H36O4. The zero-order valence-electron chi connectivity index (χ0n) is 16.6. The van der Waals surface area contributed by atoms with Gasteiger partial charge in [0.1, 0.15) is 5.78 Å². The number of ether oxygens (including phenoxy) is 1. The molecule has 1 aliphatic rings. The third kappa shape index (κ3) is 7.43. The highest BCUT2D eigenvalue weighted by molar-refractivity contribution is 5.82. The summed E-state index contributed by atoms with van der Waals surface area (Å²) >= 11 is 0. The molecule has 0 spiro atoms. The first-order valence-corrected chi connectivity index (χ1v) is 9.46. The van der Waals surface area contributed by atoms with Crippen LogP contribution in [0.2, 0.25) is 0 Å². The molecule has 0 amide bonds. The lowest BCUT2D eigenvalue weighted by Crippen LogP contribution is -2.14. The Balaban J connectivity index is 2.29. The molecule has 0 saturated carbocycles. The van der Waals surface area contributed by atoms with E-state index in [1.165, 1.54) is 11.1 Å². The van der Waals surface area contributed by atoms with Gasteiger partial charge in [0.05, 0.1) is 24.9 Å². The minimum absolute atomic E-state index is 0.00524. The van der Waals surface area contributed by atoms with Crippen LogP contribution >= 0.6 is 0 Å². The van der Waals surface area contributed by atoms with Crippen LogP contribution in [0.15, 0.2) is 22.8 Å². The molecule has 1 heterocycles. The van der Waals surface area contributed by atoms with Crippen LogP contribution in [0, 0.1) is 5.92 Å². The molecule has 2 N–H and O–H groups in total. The lowest BCUT2D eigenvalue weighted by molar-refractivity contribution is -0.121. The van der Waals surface area contributed by atoms with Gasteiger partial charge < -0.3 is 14.9 Å². The van der Waals surface area contributed by atoms with Crippen LogP contribution in [0.4, 0.5) is 0 Å². The van der Waals surface area contributed by atoms with Gasteiger partial charge in [-0.25, -0.2) is 0 Å². The number of epoxide rings is 1. The van der Waals surface area contributed by atoms with Crippen LogP contribution in [-0.2, 0) is 9.53 Å². The van der Waals surface area contributed by atoms with Crippen molar-refractivity contribution in [3.63, 3.8) is 0 Å². The van der Waals surface area contributed by atoms with E-state index in [0.717, 1.165) is 37.7 Å². The molecular weight excluding hydrogens is 316 g/mol. The van der Waals surface area contributed by atoms with Gasteiger partial charge in [-0.15, -0.1) is 0 Å². The lowest BCUT2D eigenvalue weighted by Gasteiger charge is -2.13. The van der Waals surface area contributed by atoms with Gasteiger partial charge in [0, 0.05) is 12.3 Å². The molecule has 0 aromatic rings. The fourth-order valence-corrected chi connectivity index (χ4v) is 3.10. The molecule has 1 fully saturated rings. The monoisotopic (exact) mass is 352 g/mol. The van der Waals surface area contributed by atoms with Crippen molar-refractivity contribution < 1.29 is 19.7 Å². The number of allylic oxidation sites excluding steroid dienone is 2. The zero-order valence-corrected chi connectivity index (χ0v) is 16.6. The number of carbonyl (C=O) groups excluding carboxylic acids is 1. The summed E-state index contributed by atoms with van der Waals surface area (Å²) in [6.07, 6.45) is 6.96. The van der Waals surface area contributed by atoms with Crippen LogP contribution in [0.1, 0.15) is 73.1 Å². The highest BCUT2D eigenvalue weighted by Gasteiger charge is 2.50. The number of ketones is 1. The first-order chi connectivity index (χ1) is 11.7. The zero-order chi connectivity index (χ0) is 19.0. The van der Waals surface area contributed by atoms with Crippen LogP contribution in [0.3, 0.4) is 0 Å². The molecule has 0 unspecified atom stereocenters. The van der Waals surface area contributed by atoms with Crippen molar-refractivity contribution in [3.8, 4) is 0 Å². The van der Waals surface area contributed by atoms with Gasteiger partial charge in [-0.05, 0) is 65.4 Å². The number of rotatable bonds is 12. The highest BCUT2D eigenvalue weighted by atomic mass is 16.6. The molecule has 0 aromatic carbocycles. The molecule has 25 heavy (non-hydrogen) atoms. The summed E-state index contributed by atoms with van der Waals surface area (Å²) in [5, 5.41) is 18.1. The molecule has 0 radical (unpaired) electrons. The van der Waals surface area contributed by atoms with E-state index in [4.69, 9.17) is 9.84 Å². The second-order valence-corrected chi connectivity index (χ2v) is 7.88. The summed E-state index contributed by atoms with van der Waals surface area (Å²) in [4.78, 5) is 12.2. The van der Waals surface area contributed by atoms with Crippen molar-refractivity contribution >= 4 is 5.78 Å². The molecule has 4 nitrogen and oxygen atoms in total. The van der Waals surface area contributed by atoms with Crippen molar-refractivity contribution in [1.29, 1.82) is 0 Å². The Morgan fingerprint density at radius 1 is 1.28 bits per heavy atom. The van der Waals surface area contributed by atoms with Crippen LogP contribution < -0.4 is 0 Å². The molecule has 4 heteroatoms. The second kappa shape index (κ2) is 10.2. The molecule has 1 aliphatic heterocycles. The van der Waals surface area contributed by atoms with Crippen molar-refractivity contribution in [3.05, 3.63) is 22.8 Å². The van der Waals surface area contributed by atoms with Gasteiger partial charge in [0.15, 0.2) is 0 Å². The van der Waals surface area contributed by atoms with Gasteiger partial charge in [-0.1, -0.05) is 24.1 Å². The Kier molecular flexibility index (Phi) is 9.04. The number of hydrogen-bond donors (Lipinski definition) is 2. The molecule has 0 aromatic heterocycles. The standard InChI is InChI=1S/C21H36O4/c1-15(2)17(4)13-19(24)16(3)7-6-11-21(5)20(25-21)9-8-18(14-23)10-12-22/h10,16,20,22-23H,6-9,11-14H2,1-5H3/b18-10+/t16-,20+,21-/m0/s1. The third-order valence-electron chi connectivity index (χ3n) is 5.50. The van der Waals surface area contributed by atoms with E-state index in [-0.39, 0.29) is 30.8 Å². The van der Waals surface area contributed by atoms with E-state index in [1.54, 1.807) is 6.08 Å². The number of aliphatic hydroxyl groups is 2. The van der Waals surface area contributed by atoms with Gasteiger partial charge >= 0.3 is 0 Å². The van der Waals surface area contributed by atoms with Gasteiger partial charge in [-0.3, -0.25) is 4.79 Å². The van der Waals surface area contributed by atoms with Crippen molar-refractivity contribution in [2.75, 3.05) is 13.2 Å². The fraction of sp³-hybridized carbons (Fsp3) is 0.762. The molecule has 3 atom stereocenters. The number of hydrogen-bond acceptors (Lipinski definition) is 4. The number of carbonyl (C=O) groups is 1. The van der Waals surface area contributed by atoms with E-state index in [9.17, 15) is 9.90 Å². The molecule has 1 rings (SSSR count). The van der Waals surface area contributed by atoms with Crippen LogP contribution in [0.25, 0.3) is 0 Å². The third-order valence-corrected chi connectivity index (χ3v) is 5.50. The Hall–Kier alpha value is -0.970. The first kappa shape index (κ1) is 22.1. The van der Waals surface area contributed by atoms with E-state index in [0.29, 0.717) is 12.2 Å². The minimum Gasteiger partial charge on any atom is -0.392 e. The van der Waals surface area contributed by atoms with Crippen LogP contribution in [-0.4, -0.2) is 40.9 Å². The lowest BCUT2D eigenvalue weighted by atomic mass is 9.90. The smallest absolute Gasteiger partial charge is 0.139 e. The highest BCUT2D eigenvalue weighted by Crippen LogP contribution is 2.43. The number of Topliss-reactive ketones (excluding diaryl/α,β-unsaturated/α-hetero) is 1. The van der Waals surface area contributed by atoms with Crippen molar-refractivity contribution in [1.82, 2.24) is 0 Å². The summed E-state index contributed by atoms with van der Waals surface area (Å²) in [5.74, 6) is 0.433. The maximum Gasteiger partial charge on any atom is 0.139 e. The predicted octanol–water partition coefficient (Wildman–Crippen LogP) is 3.96. The first-order valence-electron chi connectivity index (χ1n) is 9.46. The van der Waals surface area contributed by atoms with E-state index in [2.05, 4.69) is 20.8 Å². The molecule has 144 valence electrons.